The molecule has 0 bridgehead atoms. The van der Waals surface area contributed by atoms with Crippen molar-refractivity contribution in [3.63, 3.8) is 0 Å². The van der Waals surface area contributed by atoms with Gasteiger partial charge in [0, 0.05) is 37.4 Å². The van der Waals surface area contributed by atoms with Gasteiger partial charge >= 0.3 is 5.97 Å². The molecule has 1 saturated heterocycles. The van der Waals surface area contributed by atoms with E-state index in [2.05, 4.69) is 19.9 Å². The molecule has 0 amide bonds. The largest absolute Gasteiger partial charge is 0.464 e. The highest BCUT2D eigenvalue weighted by Crippen LogP contribution is 2.29. The molecule has 0 radical (unpaired) electrons. The van der Waals surface area contributed by atoms with Gasteiger partial charge in [-0.15, -0.1) is 0 Å². The highest BCUT2D eigenvalue weighted by molar-refractivity contribution is 5.87. The zero-order valence-corrected chi connectivity index (χ0v) is 11.3. The second-order valence-electron chi connectivity index (χ2n) is 5.48. The van der Waals surface area contributed by atoms with Gasteiger partial charge in [0.2, 0.25) is 0 Å². The lowest BCUT2D eigenvalue weighted by molar-refractivity contribution is 0.0594. The van der Waals surface area contributed by atoms with E-state index in [0.29, 0.717) is 11.7 Å². The quantitative estimate of drug-likeness (QED) is 0.782. The average molecular weight is 263 g/mol. The third kappa shape index (κ3) is 2.98. The van der Waals surface area contributed by atoms with E-state index in [9.17, 15) is 4.79 Å². The molecule has 0 aromatic carbocycles. The monoisotopic (exact) mass is 263 g/mol. The summed E-state index contributed by atoms with van der Waals surface area (Å²) in [5.74, 6) is -0.313. The van der Waals surface area contributed by atoms with E-state index >= 15 is 0 Å². The fraction of sp³-hybridized carbons (Fsp3) is 0.643. The van der Waals surface area contributed by atoms with Crippen LogP contribution in [-0.4, -0.2) is 48.1 Å². The van der Waals surface area contributed by atoms with Crippen molar-refractivity contribution in [2.45, 2.75) is 37.9 Å². The number of nitrogens with one attached hydrogen (secondary N) is 2. The van der Waals surface area contributed by atoms with Gasteiger partial charge in [-0.3, -0.25) is 4.90 Å². The first-order valence-electron chi connectivity index (χ1n) is 7.00. The summed E-state index contributed by atoms with van der Waals surface area (Å²) in [6.07, 6.45) is 3.98. The predicted octanol–water partition coefficient (Wildman–Crippen LogP) is 1.13. The Morgan fingerprint density at radius 3 is 3.05 bits per heavy atom. The molecule has 2 aliphatic rings. The summed E-state index contributed by atoms with van der Waals surface area (Å²) in [5.41, 5.74) is 1.55. The molecule has 1 saturated carbocycles. The van der Waals surface area contributed by atoms with Gasteiger partial charge in [-0.1, -0.05) is 0 Å². The maximum Gasteiger partial charge on any atom is 0.354 e. The lowest BCUT2D eigenvalue weighted by Gasteiger charge is -2.15. The standard InChI is InChI=1S/C14H21N3O2/c1-19-14(18)13-5-2-10(16-13)8-15-11-6-7-17(9-11)12-3-4-12/h2,5,11-12,15-16H,3-4,6-9H2,1H3. The second-order valence-corrected chi connectivity index (χ2v) is 5.48. The van der Waals surface area contributed by atoms with Gasteiger partial charge in [0.1, 0.15) is 5.69 Å². The summed E-state index contributed by atoms with van der Waals surface area (Å²) in [5, 5.41) is 3.56. The molecule has 5 heteroatoms. The minimum atomic E-state index is -0.313. The number of carbonyl (C=O) groups is 1. The molecule has 3 rings (SSSR count). The fourth-order valence-electron chi connectivity index (χ4n) is 2.75. The number of likely N-dealkylation sites (tertiary alicyclic amines) is 1. The van der Waals surface area contributed by atoms with Gasteiger partial charge < -0.3 is 15.0 Å². The van der Waals surface area contributed by atoms with Crippen LogP contribution in [0.2, 0.25) is 0 Å². The molecule has 1 aromatic rings. The summed E-state index contributed by atoms with van der Waals surface area (Å²) < 4.78 is 4.68. The molecule has 2 N–H and O–H groups in total. The number of aromatic nitrogens is 1. The maximum atomic E-state index is 11.3. The van der Waals surface area contributed by atoms with Crippen LogP contribution in [0.4, 0.5) is 0 Å². The third-order valence-corrected chi connectivity index (χ3v) is 4.02. The average Bonchev–Trinajstić information content (AvgIpc) is 3.00. The van der Waals surface area contributed by atoms with Crippen molar-refractivity contribution in [3.8, 4) is 0 Å². The molecule has 1 atom stereocenters. The molecule has 2 fully saturated rings. The number of esters is 1. The lowest BCUT2D eigenvalue weighted by atomic mass is 10.2. The second kappa shape index (κ2) is 5.35. The molecule has 19 heavy (non-hydrogen) atoms. The van der Waals surface area contributed by atoms with Gasteiger partial charge in [0.15, 0.2) is 0 Å². The molecule has 1 unspecified atom stereocenters. The summed E-state index contributed by atoms with van der Waals surface area (Å²) in [6, 6.07) is 5.15. The van der Waals surface area contributed by atoms with Crippen LogP contribution >= 0.6 is 0 Å². The van der Waals surface area contributed by atoms with Gasteiger partial charge in [-0.05, 0) is 31.4 Å². The van der Waals surface area contributed by atoms with Gasteiger partial charge in [0.25, 0.3) is 0 Å². The minimum absolute atomic E-state index is 0.313. The SMILES string of the molecule is COC(=O)c1ccc(CNC2CCN(C3CC3)C2)[nH]1. The van der Waals surface area contributed by atoms with Crippen molar-refractivity contribution >= 4 is 5.97 Å². The molecule has 104 valence electrons. The molecule has 0 spiro atoms. The number of hydrogen-bond acceptors (Lipinski definition) is 4. The number of nitrogens with zero attached hydrogens (tertiary/aromatic N) is 1. The Hall–Kier alpha value is -1.33. The molecule has 1 aromatic heterocycles. The molecule has 1 aliphatic heterocycles. The highest BCUT2D eigenvalue weighted by atomic mass is 16.5. The van der Waals surface area contributed by atoms with Crippen molar-refractivity contribution in [2.75, 3.05) is 20.2 Å². The smallest absolute Gasteiger partial charge is 0.354 e. The van der Waals surface area contributed by atoms with E-state index in [0.717, 1.165) is 24.8 Å². The van der Waals surface area contributed by atoms with Gasteiger partial charge in [-0.2, -0.15) is 0 Å². The van der Waals surface area contributed by atoms with Crippen molar-refractivity contribution in [1.82, 2.24) is 15.2 Å². The van der Waals surface area contributed by atoms with Crippen LogP contribution in [0.15, 0.2) is 12.1 Å². The number of hydrogen-bond donors (Lipinski definition) is 2. The fourth-order valence-corrected chi connectivity index (χ4v) is 2.75. The Kier molecular flexibility index (Phi) is 3.57. The molecular formula is C14H21N3O2. The Labute approximate surface area is 113 Å². The van der Waals surface area contributed by atoms with Crippen molar-refractivity contribution < 1.29 is 9.53 Å². The summed E-state index contributed by atoms with van der Waals surface area (Å²) in [6.45, 7) is 3.16. The van der Waals surface area contributed by atoms with E-state index in [-0.39, 0.29) is 5.97 Å². The van der Waals surface area contributed by atoms with Crippen LogP contribution in [0.1, 0.15) is 35.4 Å². The van der Waals surface area contributed by atoms with Crippen LogP contribution in [0.25, 0.3) is 0 Å². The van der Waals surface area contributed by atoms with Crippen molar-refractivity contribution in [1.29, 1.82) is 0 Å². The van der Waals surface area contributed by atoms with E-state index in [1.807, 2.05) is 6.07 Å². The van der Waals surface area contributed by atoms with Crippen molar-refractivity contribution in [3.05, 3.63) is 23.5 Å². The number of aromatic amines is 1. The maximum absolute atomic E-state index is 11.3. The Balaban J connectivity index is 1.47. The number of H-pyrrole nitrogens is 1. The first-order chi connectivity index (χ1) is 9.26. The Morgan fingerprint density at radius 2 is 2.32 bits per heavy atom. The highest BCUT2D eigenvalue weighted by Gasteiger charge is 2.34. The number of ether oxygens (including phenoxy) is 1. The minimum Gasteiger partial charge on any atom is -0.464 e. The predicted molar refractivity (Wildman–Crippen MR) is 72.0 cm³/mol. The molecule has 2 heterocycles. The van der Waals surface area contributed by atoms with E-state index in [1.165, 1.54) is 32.9 Å². The van der Waals surface area contributed by atoms with Crippen LogP contribution in [0, 0.1) is 0 Å². The summed E-state index contributed by atoms with van der Waals surface area (Å²) in [4.78, 5) is 17.0. The third-order valence-electron chi connectivity index (χ3n) is 4.02. The van der Waals surface area contributed by atoms with E-state index in [1.54, 1.807) is 6.07 Å². The summed E-state index contributed by atoms with van der Waals surface area (Å²) >= 11 is 0. The van der Waals surface area contributed by atoms with Crippen LogP contribution in [-0.2, 0) is 11.3 Å². The normalized spacial score (nSPS) is 23.7. The zero-order valence-electron chi connectivity index (χ0n) is 11.3. The zero-order chi connectivity index (χ0) is 13.2. The van der Waals surface area contributed by atoms with Gasteiger partial charge in [-0.25, -0.2) is 4.79 Å². The first kappa shape index (κ1) is 12.7. The first-order valence-corrected chi connectivity index (χ1v) is 7.00. The van der Waals surface area contributed by atoms with Crippen LogP contribution < -0.4 is 5.32 Å². The van der Waals surface area contributed by atoms with Gasteiger partial charge in [0.05, 0.1) is 7.11 Å². The number of rotatable bonds is 5. The molecule has 5 nitrogen and oxygen atoms in total. The number of methoxy groups -OCH3 is 1. The Bertz CT molecular complexity index is 453. The number of carbonyl (C=O) groups excluding carboxylic acids is 1. The van der Waals surface area contributed by atoms with E-state index < -0.39 is 0 Å². The Morgan fingerprint density at radius 1 is 1.47 bits per heavy atom. The topological polar surface area (TPSA) is 57.4 Å². The van der Waals surface area contributed by atoms with Crippen molar-refractivity contribution in [2.24, 2.45) is 0 Å². The molecule has 1 aliphatic carbocycles. The van der Waals surface area contributed by atoms with Crippen LogP contribution in [0.5, 0.6) is 0 Å². The molecular weight excluding hydrogens is 242 g/mol. The van der Waals surface area contributed by atoms with E-state index in [4.69, 9.17) is 0 Å². The summed E-state index contributed by atoms with van der Waals surface area (Å²) in [7, 11) is 1.39. The van der Waals surface area contributed by atoms with Crippen LogP contribution in [0.3, 0.4) is 0 Å². The lowest BCUT2D eigenvalue weighted by Crippen LogP contribution is -2.33.